The summed E-state index contributed by atoms with van der Waals surface area (Å²) in [5.74, 6) is 0.960. The summed E-state index contributed by atoms with van der Waals surface area (Å²) in [5, 5.41) is 18.7. The quantitative estimate of drug-likeness (QED) is 0.477. The predicted octanol–water partition coefficient (Wildman–Crippen LogP) is 6.08. The summed E-state index contributed by atoms with van der Waals surface area (Å²) in [7, 11) is 0. The zero-order chi connectivity index (χ0) is 17.7. The van der Waals surface area contributed by atoms with E-state index in [1.54, 1.807) is 0 Å². The minimum absolute atomic E-state index is 0.131. The van der Waals surface area contributed by atoms with Gasteiger partial charge in [0.05, 0.1) is 0 Å². The third kappa shape index (κ3) is 3.55. The van der Waals surface area contributed by atoms with Gasteiger partial charge in [0.15, 0.2) is 0 Å². The number of benzene rings is 2. The van der Waals surface area contributed by atoms with Crippen molar-refractivity contribution in [2.24, 2.45) is 0 Å². The lowest BCUT2D eigenvalue weighted by Crippen LogP contribution is -2.01. The molecule has 4 nitrogen and oxygen atoms in total. The molecule has 0 radical (unpaired) electrons. The summed E-state index contributed by atoms with van der Waals surface area (Å²) in [4.78, 5) is 9.12. The van der Waals surface area contributed by atoms with Crippen LogP contribution in [0.1, 0.15) is 63.5 Å². The molecular weight excluding hydrogens is 304 g/mol. The van der Waals surface area contributed by atoms with Crippen molar-refractivity contribution in [2.75, 3.05) is 0 Å². The third-order valence-corrected chi connectivity index (χ3v) is 4.87. The Kier molecular flexibility index (Phi) is 6.23. The molecule has 2 aromatic rings. The van der Waals surface area contributed by atoms with Crippen LogP contribution < -0.4 is 9.78 Å². The van der Waals surface area contributed by atoms with E-state index in [9.17, 15) is 10.5 Å². The zero-order valence-electron chi connectivity index (χ0n) is 14.7. The van der Waals surface area contributed by atoms with E-state index in [0.717, 1.165) is 24.0 Å². The van der Waals surface area contributed by atoms with Crippen molar-refractivity contribution < 1.29 is 20.3 Å². The van der Waals surface area contributed by atoms with Crippen molar-refractivity contribution in [3.05, 3.63) is 47.5 Å². The van der Waals surface area contributed by atoms with Gasteiger partial charge in [-0.25, -0.2) is 10.5 Å². The molecule has 0 saturated carbocycles. The van der Waals surface area contributed by atoms with Gasteiger partial charge in [-0.3, -0.25) is 0 Å². The first-order valence-corrected chi connectivity index (χ1v) is 8.47. The second-order valence-corrected chi connectivity index (χ2v) is 6.28. The number of rotatable bonds is 7. The van der Waals surface area contributed by atoms with Crippen LogP contribution in [0.25, 0.3) is 11.1 Å². The van der Waals surface area contributed by atoms with Crippen LogP contribution in [-0.4, -0.2) is 10.5 Å². The van der Waals surface area contributed by atoms with Gasteiger partial charge in [-0.2, -0.15) is 0 Å². The smallest absolute Gasteiger partial charge is 0.219 e. The maximum absolute atomic E-state index is 9.36. The molecule has 0 heterocycles. The Bertz CT molecular complexity index is 664. The molecule has 2 N–H and O–H groups in total. The second kappa shape index (κ2) is 8.18. The van der Waals surface area contributed by atoms with E-state index in [2.05, 4.69) is 35.8 Å². The first-order valence-electron chi connectivity index (χ1n) is 8.47. The molecule has 0 spiro atoms. The molecule has 2 atom stereocenters. The van der Waals surface area contributed by atoms with E-state index < -0.39 is 0 Å². The van der Waals surface area contributed by atoms with Gasteiger partial charge in [0.2, 0.25) is 11.5 Å². The average Bonchev–Trinajstić information content (AvgIpc) is 2.65. The van der Waals surface area contributed by atoms with E-state index in [-0.39, 0.29) is 17.4 Å². The standard InChI is InChI=1S/C20H26O4/c1-5-13(3)15-7-9-16(10-8-15)18-12-11-17(14(4)6-2)19(23-21)20(18)24-22/h7-14,21-22H,5-6H2,1-4H3. The Morgan fingerprint density at radius 3 is 1.88 bits per heavy atom. The van der Waals surface area contributed by atoms with Crippen LogP contribution >= 0.6 is 0 Å². The average molecular weight is 330 g/mol. The summed E-state index contributed by atoms with van der Waals surface area (Å²) in [6.07, 6.45) is 1.96. The van der Waals surface area contributed by atoms with Crippen molar-refractivity contribution in [3.8, 4) is 22.6 Å². The molecule has 0 aliphatic carbocycles. The van der Waals surface area contributed by atoms with Crippen LogP contribution in [0, 0.1) is 0 Å². The summed E-state index contributed by atoms with van der Waals surface area (Å²) in [6.45, 7) is 8.43. The van der Waals surface area contributed by atoms with E-state index >= 15 is 0 Å². The Labute approximate surface area is 143 Å². The van der Waals surface area contributed by atoms with E-state index in [1.807, 2.05) is 38.1 Å². The normalized spacial score (nSPS) is 13.4. The molecule has 0 aliphatic rings. The molecule has 4 heteroatoms. The molecule has 2 aromatic carbocycles. The molecular formula is C20H26O4. The molecule has 0 fully saturated rings. The van der Waals surface area contributed by atoms with Crippen LogP contribution in [0.4, 0.5) is 0 Å². The highest BCUT2D eigenvalue weighted by Crippen LogP contribution is 2.43. The first kappa shape index (κ1) is 18.3. The largest absolute Gasteiger partial charge is 0.336 e. The predicted molar refractivity (Wildman–Crippen MR) is 95.8 cm³/mol. The van der Waals surface area contributed by atoms with Crippen molar-refractivity contribution in [3.63, 3.8) is 0 Å². The van der Waals surface area contributed by atoms with Crippen molar-refractivity contribution >= 4 is 0 Å². The van der Waals surface area contributed by atoms with Gasteiger partial charge >= 0.3 is 0 Å². The fraction of sp³-hybridized carbons (Fsp3) is 0.400. The van der Waals surface area contributed by atoms with Crippen LogP contribution in [0.3, 0.4) is 0 Å². The molecule has 130 valence electrons. The van der Waals surface area contributed by atoms with Gasteiger partial charge in [-0.15, -0.1) is 0 Å². The van der Waals surface area contributed by atoms with Crippen LogP contribution in [-0.2, 0) is 0 Å². The molecule has 2 unspecified atom stereocenters. The van der Waals surface area contributed by atoms with Gasteiger partial charge in [0.1, 0.15) is 0 Å². The highest BCUT2D eigenvalue weighted by molar-refractivity contribution is 5.75. The van der Waals surface area contributed by atoms with Crippen molar-refractivity contribution in [2.45, 2.75) is 52.4 Å². The topological polar surface area (TPSA) is 58.9 Å². The van der Waals surface area contributed by atoms with Crippen molar-refractivity contribution in [1.82, 2.24) is 0 Å². The lowest BCUT2D eigenvalue weighted by atomic mass is 9.92. The molecule has 0 amide bonds. The van der Waals surface area contributed by atoms with Gasteiger partial charge in [0.25, 0.3) is 0 Å². The van der Waals surface area contributed by atoms with E-state index in [0.29, 0.717) is 11.5 Å². The van der Waals surface area contributed by atoms with Gasteiger partial charge in [0, 0.05) is 11.1 Å². The van der Waals surface area contributed by atoms with Crippen molar-refractivity contribution in [1.29, 1.82) is 0 Å². The Hall–Kier alpha value is -2.04. The van der Waals surface area contributed by atoms with Crippen LogP contribution in [0.5, 0.6) is 11.5 Å². The molecule has 0 bridgehead atoms. The maximum atomic E-state index is 9.36. The SMILES string of the molecule is CCC(C)c1ccc(-c2ccc(C(C)CC)c(OO)c2OO)cc1. The van der Waals surface area contributed by atoms with Gasteiger partial charge in [-0.05, 0) is 41.9 Å². The molecule has 2 rings (SSSR count). The number of hydrogen-bond acceptors (Lipinski definition) is 4. The van der Waals surface area contributed by atoms with Crippen LogP contribution in [0.2, 0.25) is 0 Å². The zero-order valence-corrected chi connectivity index (χ0v) is 14.7. The lowest BCUT2D eigenvalue weighted by molar-refractivity contribution is -0.164. The summed E-state index contributed by atoms with van der Waals surface area (Å²) in [5.41, 5.74) is 3.62. The molecule has 0 aliphatic heterocycles. The lowest BCUT2D eigenvalue weighted by Gasteiger charge is -2.17. The monoisotopic (exact) mass is 330 g/mol. The summed E-state index contributed by atoms with van der Waals surface area (Å²) >= 11 is 0. The summed E-state index contributed by atoms with van der Waals surface area (Å²) in [6, 6.07) is 11.9. The van der Waals surface area contributed by atoms with E-state index in [1.165, 1.54) is 5.56 Å². The number of hydrogen-bond donors (Lipinski definition) is 2. The second-order valence-electron chi connectivity index (χ2n) is 6.28. The van der Waals surface area contributed by atoms with Crippen LogP contribution in [0.15, 0.2) is 36.4 Å². The molecule has 24 heavy (non-hydrogen) atoms. The van der Waals surface area contributed by atoms with Gasteiger partial charge < -0.3 is 9.78 Å². The fourth-order valence-corrected chi connectivity index (χ4v) is 2.82. The minimum atomic E-state index is 0.131. The third-order valence-electron chi connectivity index (χ3n) is 4.87. The Balaban J connectivity index is 2.50. The Morgan fingerprint density at radius 1 is 0.792 bits per heavy atom. The highest BCUT2D eigenvalue weighted by Gasteiger charge is 2.21. The first-order chi connectivity index (χ1) is 11.6. The Morgan fingerprint density at radius 2 is 1.38 bits per heavy atom. The fourth-order valence-electron chi connectivity index (χ4n) is 2.82. The maximum Gasteiger partial charge on any atom is 0.219 e. The summed E-state index contributed by atoms with van der Waals surface area (Å²) < 4.78 is 0. The molecule has 0 saturated heterocycles. The van der Waals surface area contributed by atoms with E-state index in [4.69, 9.17) is 0 Å². The highest BCUT2D eigenvalue weighted by atomic mass is 17.1. The minimum Gasteiger partial charge on any atom is -0.336 e. The molecule has 0 aromatic heterocycles. The van der Waals surface area contributed by atoms with Gasteiger partial charge in [-0.1, -0.05) is 58.0 Å².